The molecule has 3 nitrogen and oxygen atoms in total. The van der Waals surface area contributed by atoms with Crippen LogP contribution in [-0.4, -0.2) is 17.4 Å². The van der Waals surface area contributed by atoms with Gasteiger partial charge in [0.15, 0.2) is 5.78 Å². The number of benzene rings is 2. The zero-order valence-corrected chi connectivity index (χ0v) is 13.6. The Labute approximate surface area is 135 Å². The molecule has 0 heterocycles. The molecule has 0 aliphatic heterocycles. The molecule has 0 aliphatic rings. The minimum absolute atomic E-state index is 0.0523. The minimum atomic E-state index is -0.0905. The molecule has 0 aliphatic carbocycles. The highest BCUT2D eigenvalue weighted by atomic mass is 32.2. The molecule has 4 heteroatoms. The van der Waals surface area contributed by atoms with Gasteiger partial charge in [0.1, 0.15) is 0 Å². The number of Topliss-reactive ketones (excluding diaryl/α,β-unsaturated/α-hetero) is 1. The molecular formula is C18H19NO2S. The van der Waals surface area contributed by atoms with Crippen molar-refractivity contribution in [3.05, 3.63) is 65.2 Å². The highest BCUT2D eigenvalue weighted by Crippen LogP contribution is 2.18. The van der Waals surface area contributed by atoms with Crippen molar-refractivity contribution in [1.82, 2.24) is 0 Å². The Morgan fingerprint density at radius 1 is 1.05 bits per heavy atom. The first-order valence-corrected chi connectivity index (χ1v) is 8.25. The Kier molecular flexibility index (Phi) is 5.78. The number of amides is 1. The van der Waals surface area contributed by atoms with Crippen molar-refractivity contribution in [2.24, 2.45) is 0 Å². The molecule has 0 unspecified atom stereocenters. The van der Waals surface area contributed by atoms with Crippen LogP contribution in [0.5, 0.6) is 0 Å². The van der Waals surface area contributed by atoms with Gasteiger partial charge in [-0.15, -0.1) is 11.8 Å². The number of nitrogens with one attached hydrogen (secondary N) is 1. The van der Waals surface area contributed by atoms with Crippen LogP contribution in [0.3, 0.4) is 0 Å². The molecule has 2 aromatic rings. The van der Waals surface area contributed by atoms with Crippen LogP contribution in [0.15, 0.2) is 48.5 Å². The van der Waals surface area contributed by atoms with Gasteiger partial charge in [0.05, 0.1) is 11.4 Å². The molecule has 0 aromatic heterocycles. The lowest BCUT2D eigenvalue weighted by atomic mass is 10.1. The fourth-order valence-corrected chi connectivity index (χ4v) is 3.01. The lowest BCUT2D eigenvalue weighted by molar-refractivity contribution is -0.113. The maximum absolute atomic E-state index is 12.0. The molecule has 0 fully saturated rings. The molecule has 1 amide bonds. The average Bonchev–Trinajstić information content (AvgIpc) is 2.49. The smallest absolute Gasteiger partial charge is 0.234 e. The number of rotatable bonds is 6. The highest BCUT2D eigenvalue weighted by molar-refractivity contribution is 7.99. The number of hydrogen-bond donors (Lipinski definition) is 1. The second kappa shape index (κ2) is 7.80. The van der Waals surface area contributed by atoms with E-state index in [-0.39, 0.29) is 11.7 Å². The van der Waals surface area contributed by atoms with Crippen LogP contribution in [0, 0.1) is 6.92 Å². The van der Waals surface area contributed by atoms with Gasteiger partial charge in [0, 0.05) is 11.3 Å². The zero-order valence-electron chi connectivity index (χ0n) is 12.8. The fraction of sp³-hybridized carbons (Fsp3) is 0.222. The Morgan fingerprint density at radius 2 is 1.73 bits per heavy atom. The predicted octanol–water partition coefficient (Wildman–Crippen LogP) is 4.07. The summed E-state index contributed by atoms with van der Waals surface area (Å²) in [5.41, 5.74) is 3.60. The van der Waals surface area contributed by atoms with Gasteiger partial charge in [-0.2, -0.15) is 0 Å². The van der Waals surface area contributed by atoms with Gasteiger partial charge in [-0.05, 0) is 37.1 Å². The number of carbonyl (C=O) groups excluding carboxylic acids is 2. The Hall–Kier alpha value is -2.07. The van der Waals surface area contributed by atoms with E-state index in [1.54, 1.807) is 30.0 Å². The summed E-state index contributed by atoms with van der Waals surface area (Å²) in [4.78, 5) is 23.5. The van der Waals surface area contributed by atoms with Crippen LogP contribution in [-0.2, 0) is 10.5 Å². The number of thioether (sulfide) groups is 1. The summed E-state index contributed by atoms with van der Waals surface area (Å²) in [7, 11) is 0. The molecule has 114 valence electrons. The molecule has 0 bridgehead atoms. The summed E-state index contributed by atoms with van der Waals surface area (Å²) in [5, 5.41) is 2.81. The third-order valence-electron chi connectivity index (χ3n) is 3.33. The number of ketones is 1. The summed E-state index contributed by atoms with van der Waals surface area (Å²) in [5.74, 6) is 1.02. The number of carbonyl (C=O) groups is 2. The lowest BCUT2D eigenvalue weighted by Gasteiger charge is -2.09. The monoisotopic (exact) mass is 313 g/mol. The van der Waals surface area contributed by atoms with Crippen molar-refractivity contribution in [2.45, 2.75) is 19.6 Å². The van der Waals surface area contributed by atoms with Crippen molar-refractivity contribution < 1.29 is 9.59 Å². The largest absolute Gasteiger partial charge is 0.325 e. The predicted molar refractivity (Wildman–Crippen MR) is 92.4 cm³/mol. The molecule has 2 rings (SSSR count). The molecule has 0 radical (unpaired) electrons. The van der Waals surface area contributed by atoms with Crippen LogP contribution in [0.4, 0.5) is 5.69 Å². The van der Waals surface area contributed by atoms with E-state index in [1.165, 1.54) is 18.1 Å². The van der Waals surface area contributed by atoms with Crippen LogP contribution in [0.25, 0.3) is 0 Å². The van der Waals surface area contributed by atoms with Gasteiger partial charge < -0.3 is 5.32 Å². The fourth-order valence-electron chi connectivity index (χ4n) is 2.11. The Bertz CT molecular complexity index is 682. The van der Waals surface area contributed by atoms with Gasteiger partial charge in [0.2, 0.25) is 5.91 Å². The van der Waals surface area contributed by atoms with E-state index < -0.39 is 0 Å². The molecular weight excluding hydrogens is 294 g/mol. The van der Waals surface area contributed by atoms with Crippen molar-refractivity contribution in [1.29, 1.82) is 0 Å². The number of hydrogen-bond acceptors (Lipinski definition) is 3. The summed E-state index contributed by atoms with van der Waals surface area (Å²) in [6.45, 7) is 3.57. The van der Waals surface area contributed by atoms with Gasteiger partial charge in [-0.3, -0.25) is 9.59 Å². The summed E-state index contributed by atoms with van der Waals surface area (Å²) in [6.07, 6.45) is 0. The standard InChI is InChI=1S/C18H19NO2S/c1-13-7-3-4-8-15(13)11-22-12-18(21)19-17-10-6-5-9-16(17)14(2)20/h3-10H,11-12H2,1-2H3,(H,19,21). The van der Waals surface area contributed by atoms with Crippen LogP contribution >= 0.6 is 11.8 Å². The quantitative estimate of drug-likeness (QED) is 0.818. The van der Waals surface area contributed by atoms with Crippen LogP contribution in [0.1, 0.15) is 28.4 Å². The van der Waals surface area contributed by atoms with Gasteiger partial charge in [0.25, 0.3) is 0 Å². The first-order valence-electron chi connectivity index (χ1n) is 7.10. The topological polar surface area (TPSA) is 46.2 Å². The first kappa shape index (κ1) is 16.3. The Morgan fingerprint density at radius 3 is 2.45 bits per heavy atom. The molecule has 1 N–H and O–H groups in total. The maximum Gasteiger partial charge on any atom is 0.234 e. The first-order chi connectivity index (χ1) is 10.6. The number of anilines is 1. The Balaban J connectivity index is 1.89. The van der Waals surface area contributed by atoms with Crippen molar-refractivity contribution in [3.63, 3.8) is 0 Å². The molecule has 22 heavy (non-hydrogen) atoms. The van der Waals surface area contributed by atoms with Gasteiger partial charge in [-0.1, -0.05) is 36.4 Å². The van der Waals surface area contributed by atoms with Crippen molar-refractivity contribution in [2.75, 3.05) is 11.1 Å². The van der Waals surface area contributed by atoms with Gasteiger partial charge >= 0.3 is 0 Å². The van der Waals surface area contributed by atoms with Crippen molar-refractivity contribution in [3.8, 4) is 0 Å². The molecule has 2 aromatic carbocycles. The van der Waals surface area contributed by atoms with E-state index in [0.717, 1.165) is 5.75 Å². The summed E-state index contributed by atoms with van der Waals surface area (Å²) >= 11 is 1.57. The summed E-state index contributed by atoms with van der Waals surface area (Å²) in [6, 6.07) is 15.2. The minimum Gasteiger partial charge on any atom is -0.325 e. The number of para-hydroxylation sites is 1. The van der Waals surface area contributed by atoms with E-state index >= 15 is 0 Å². The molecule has 0 saturated carbocycles. The normalized spacial score (nSPS) is 10.3. The van der Waals surface area contributed by atoms with E-state index in [0.29, 0.717) is 17.0 Å². The van der Waals surface area contributed by atoms with E-state index in [2.05, 4.69) is 24.4 Å². The van der Waals surface area contributed by atoms with Crippen LogP contribution < -0.4 is 5.32 Å². The second-order valence-electron chi connectivity index (χ2n) is 5.07. The van der Waals surface area contributed by atoms with E-state index in [1.807, 2.05) is 18.2 Å². The van der Waals surface area contributed by atoms with Crippen LogP contribution in [0.2, 0.25) is 0 Å². The molecule has 0 spiro atoms. The second-order valence-corrected chi connectivity index (χ2v) is 6.05. The molecule has 0 atom stereocenters. The third kappa shape index (κ3) is 4.46. The zero-order chi connectivity index (χ0) is 15.9. The van der Waals surface area contributed by atoms with Gasteiger partial charge in [-0.25, -0.2) is 0 Å². The third-order valence-corrected chi connectivity index (χ3v) is 4.31. The average molecular weight is 313 g/mol. The van der Waals surface area contributed by atoms with E-state index in [9.17, 15) is 9.59 Å². The van der Waals surface area contributed by atoms with E-state index in [4.69, 9.17) is 0 Å². The lowest BCUT2D eigenvalue weighted by Crippen LogP contribution is -2.16. The summed E-state index contributed by atoms with van der Waals surface area (Å²) < 4.78 is 0. The molecule has 0 saturated heterocycles. The maximum atomic E-state index is 12.0. The SMILES string of the molecule is CC(=O)c1ccccc1NC(=O)CSCc1ccccc1C. The number of aryl methyl sites for hydroxylation is 1. The highest BCUT2D eigenvalue weighted by Gasteiger charge is 2.09. The van der Waals surface area contributed by atoms with Crippen molar-refractivity contribution >= 4 is 29.1 Å².